The molecule has 11 heteroatoms. The molecule has 0 aliphatic heterocycles. The summed E-state index contributed by atoms with van der Waals surface area (Å²) in [5.41, 5.74) is 2.24. The minimum Gasteiger partial charge on any atom is -0.361 e. The number of pyridine rings is 2. The highest BCUT2D eigenvalue weighted by atomic mass is 35.5. The monoisotopic (exact) mass is 564 g/mol. The summed E-state index contributed by atoms with van der Waals surface area (Å²) in [4.78, 5) is 49.5. The number of rotatable bonds is 6. The average molecular weight is 565 g/mol. The second-order valence-corrected chi connectivity index (χ2v) is 10.1. The topological polar surface area (TPSA) is 122 Å². The first-order valence-electron chi connectivity index (χ1n) is 12.9. The number of para-hydroxylation sites is 1. The third-order valence-electron chi connectivity index (χ3n) is 6.88. The van der Waals surface area contributed by atoms with Crippen LogP contribution in [0.4, 0.5) is 11.6 Å². The van der Waals surface area contributed by atoms with E-state index in [0.717, 1.165) is 0 Å². The lowest BCUT2D eigenvalue weighted by Gasteiger charge is -2.24. The predicted molar refractivity (Wildman–Crippen MR) is 162 cm³/mol. The molecule has 0 aliphatic rings. The van der Waals surface area contributed by atoms with Gasteiger partial charge in [0.15, 0.2) is 5.43 Å². The standard InChI is InChI=1S/C30H25ClN8O2/c1-17(37-29-25-22(40)12-13-32-28(25)35-16-36-29)27-26(31)20-11-7-10-19(21-14-34-23(15-33-21)38(2)3)24(20)30(41)39(27)18-8-5-4-6-9-18/h4-17H,1-3H3,(H2,32,35,36,37,40)/t17-/m0/s1. The van der Waals surface area contributed by atoms with E-state index in [2.05, 4.69) is 30.2 Å². The molecule has 41 heavy (non-hydrogen) atoms. The Kier molecular flexibility index (Phi) is 6.68. The van der Waals surface area contributed by atoms with E-state index in [1.54, 1.807) is 17.0 Å². The van der Waals surface area contributed by atoms with Gasteiger partial charge in [-0.1, -0.05) is 48.0 Å². The van der Waals surface area contributed by atoms with Crippen LogP contribution in [0.5, 0.6) is 0 Å². The maximum atomic E-state index is 14.4. The van der Waals surface area contributed by atoms with Crippen molar-refractivity contribution in [3.8, 4) is 16.9 Å². The highest BCUT2D eigenvalue weighted by Crippen LogP contribution is 2.36. The van der Waals surface area contributed by atoms with E-state index in [-0.39, 0.29) is 11.0 Å². The molecule has 0 unspecified atom stereocenters. The number of anilines is 2. The Morgan fingerprint density at radius 3 is 2.46 bits per heavy atom. The van der Waals surface area contributed by atoms with Crippen molar-refractivity contribution in [3.05, 3.63) is 111 Å². The van der Waals surface area contributed by atoms with Crippen LogP contribution in [0.15, 0.2) is 89.1 Å². The Hall–Kier alpha value is -5.09. The number of H-pyrrole nitrogens is 1. The summed E-state index contributed by atoms with van der Waals surface area (Å²) in [6.07, 6.45) is 6.22. The largest absolute Gasteiger partial charge is 0.361 e. The second kappa shape index (κ2) is 10.5. The number of nitrogens with zero attached hydrogens (tertiary/aromatic N) is 6. The van der Waals surface area contributed by atoms with Crippen molar-refractivity contribution in [3.63, 3.8) is 0 Å². The van der Waals surface area contributed by atoms with Gasteiger partial charge >= 0.3 is 0 Å². The summed E-state index contributed by atoms with van der Waals surface area (Å²) >= 11 is 7.16. The number of nitrogens with one attached hydrogen (secondary N) is 2. The number of hydrogen-bond acceptors (Lipinski definition) is 8. The molecule has 0 fully saturated rings. The van der Waals surface area contributed by atoms with Gasteiger partial charge in [0.2, 0.25) is 0 Å². The fraction of sp³-hybridized carbons (Fsp3) is 0.133. The molecule has 2 N–H and O–H groups in total. The predicted octanol–water partition coefficient (Wildman–Crippen LogP) is 4.97. The van der Waals surface area contributed by atoms with Crippen LogP contribution in [0, 0.1) is 0 Å². The van der Waals surface area contributed by atoms with Crippen molar-refractivity contribution >= 4 is 45.0 Å². The highest BCUT2D eigenvalue weighted by molar-refractivity contribution is 6.36. The first-order chi connectivity index (χ1) is 19.8. The van der Waals surface area contributed by atoms with Gasteiger partial charge in [0, 0.05) is 43.0 Å². The zero-order valence-corrected chi connectivity index (χ0v) is 23.2. The summed E-state index contributed by atoms with van der Waals surface area (Å²) in [6.45, 7) is 1.87. The number of hydrogen-bond donors (Lipinski definition) is 2. The normalized spacial score (nSPS) is 12.0. The van der Waals surface area contributed by atoms with Crippen molar-refractivity contribution in [1.82, 2.24) is 29.5 Å². The molecule has 6 rings (SSSR count). The van der Waals surface area contributed by atoms with Crippen LogP contribution in [0.1, 0.15) is 18.7 Å². The number of fused-ring (bicyclic) bond motifs is 2. The first-order valence-corrected chi connectivity index (χ1v) is 13.2. The minimum atomic E-state index is -0.541. The zero-order valence-electron chi connectivity index (χ0n) is 22.5. The Morgan fingerprint density at radius 2 is 1.73 bits per heavy atom. The molecule has 204 valence electrons. The molecule has 10 nitrogen and oxygen atoms in total. The van der Waals surface area contributed by atoms with E-state index >= 15 is 0 Å². The summed E-state index contributed by atoms with van der Waals surface area (Å²) in [6, 6.07) is 15.7. The van der Waals surface area contributed by atoms with Crippen LogP contribution in [0.2, 0.25) is 5.02 Å². The number of benzene rings is 2. The number of aromatic nitrogens is 6. The molecule has 0 aliphatic carbocycles. The first kappa shape index (κ1) is 26.1. The number of aromatic amines is 1. The average Bonchev–Trinajstić information content (AvgIpc) is 2.99. The van der Waals surface area contributed by atoms with Crippen molar-refractivity contribution in [2.45, 2.75) is 13.0 Å². The fourth-order valence-electron chi connectivity index (χ4n) is 4.94. The van der Waals surface area contributed by atoms with Crippen LogP contribution >= 0.6 is 11.6 Å². The van der Waals surface area contributed by atoms with Gasteiger partial charge in [0.1, 0.15) is 29.0 Å². The Labute approximate surface area is 239 Å². The molecule has 4 heterocycles. The van der Waals surface area contributed by atoms with Crippen molar-refractivity contribution in [1.29, 1.82) is 0 Å². The summed E-state index contributed by atoms with van der Waals surface area (Å²) in [5.74, 6) is 1.03. The van der Waals surface area contributed by atoms with Crippen LogP contribution in [-0.4, -0.2) is 43.6 Å². The highest BCUT2D eigenvalue weighted by Gasteiger charge is 2.24. The molecular weight excluding hydrogens is 540 g/mol. The van der Waals surface area contributed by atoms with E-state index in [9.17, 15) is 9.59 Å². The molecule has 0 radical (unpaired) electrons. The Morgan fingerprint density at radius 1 is 0.927 bits per heavy atom. The van der Waals surface area contributed by atoms with E-state index in [1.165, 1.54) is 18.6 Å². The van der Waals surface area contributed by atoms with Gasteiger partial charge in [-0.2, -0.15) is 0 Å². The summed E-state index contributed by atoms with van der Waals surface area (Å²) < 4.78 is 1.60. The molecule has 0 saturated carbocycles. The van der Waals surface area contributed by atoms with Gasteiger partial charge in [0.05, 0.1) is 40.2 Å². The third kappa shape index (κ3) is 4.57. The quantitative estimate of drug-likeness (QED) is 0.291. The van der Waals surface area contributed by atoms with Crippen LogP contribution < -0.4 is 21.2 Å². The molecule has 1 atom stereocenters. The van der Waals surface area contributed by atoms with E-state index in [1.807, 2.05) is 74.4 Å². The molecule has 6 aromatic rings. The molecule has 0 saturated heterocycles. The summed E-state index contributed by atoms with van der Waals surface area (Å²) in [7, 11) is 3.77. The lowest BCUT2D eigenvalue weighted by molar-refractivity contribution is 0.774. The van der Waals surface area contributed by atoms with Gasteiger partial charge < -0.3 is 15.2 Å². The van der Waals surface area contributed by atoms with E-state index in [4.69, 9.17) is 11.6 Å². The van der Waals surface area contributed by atoms with Crippen molar-refractivity contribution < 1.29 is 0 Å². The molecule has 0 spiro atoms. The molecular formula is C30H25ClN8O2. The van der Waals surface area contributed by atoms with Gasteiger partial charge in [-0.05, 0) is 19.1 Å². The lowest BCUT2D eigenvalue weighted by Crippen LogP contribution is -2.27. The van der Waals surface area contributed by atoms with Gasteiger partial charge in [-0.15, -0.1) is 0 Å². The smallest absolute Gasteiger partial charge is 0.264 e. The fourth-order valence-corrected chi connectivity index (χ4v) is 5.34. The summed E-state index contributed by atoms with van der Waals surface area (Å²) in [5, 5.41) is 5.01. The molecule has 0 amide bonds. The molecule has 4 aromatic heterocycles. The van der Waals surface area contributed by atoms with Crippen LogP contribution in [-0.2, 0) is 0 Å². The van der Waals surface area contributed by atoms with Gasteiger partial charge in [0.25, 0.3) is 5.56 Å². The lowest BCUT2D eigenvalue weighted by atomic mass is 10.0. The zero-order chi connectivity index (χ0) is 28.7. The van der Waals surface area contributed by atoms with E-state index < -0.39 is 6.04 Å². The molecule has 0 bridgehead atoms. The van der Waals surface area contributed by atoms with Crippen LogP contribution in [0.25, 0.3) is 38.8 Å². The Balaban J connectivity index is 1.59. The third-order valence-corrected chi connectivity index (χ3v) is 7.28. The maximum absolute atomic E-state index is 14.4. The SMILES string of the molecule is C[C@H](Nc1ncnc2[nH]ccc(=O)c12)c1c(Cl)c2cccc(-c3cnc(N(C)C)cn3)c2c(=O)n1-c1ccccc1. The molecule has 2 aromatic carbocycles. The van der Waals surface area contributed by atoms with Crippen molar-refractivity contribution in [2.75, 3.05) is 24.3 Å². The number of halogens is 1. The van der Waals surface area contributed by atoms with Crippen molar-refractivity contribution in [2.24, 2.45) is 0 Å². The van der Waals surface area contributed by atoms with Gasteiger partial charge in [-0.25, -0.2) is 15.0 Å². The van der Waals surface area contributed by atoms with E-state index in [0.29, 0.717) is 61.1 Å². The Bertz CT molecular complexity index is 2020. The maximum Gasteiger partial charge on any atom is 0.264 e. The van der Waals surface area contributed by atoms with Crippen LogP contribution in [0.3, 0.4) is 0 Å². The second-order valence-electron chi connectivity index (χ2n) is 9.71. The minimum absolute atomic E-state index is 0.231. The van der Waals surface area contributed by atoms with Gasteiger partial charge in [-0.3, -0.25) is 19.1 Å².